The highest BCUT2D eigenvalue weighted by molar-refractivity contribution is 5.79. The minimum Gasteiger partial charge on any atom is -0.385 e. The van der Waals surface area contributed by atoms with E-state index in [0.29, 0.717) is 12.1 Å². The fourth-order valence-corrected chi connectivity index (χ4v) is 2.27. The summed E-state index contributed by atoms with van der Waals surface area (Å²) in [5.74, 6) is 0.606. The van der Waals surface area contributed by atoms with Crippen LogP contribution < -0.4 is 10.6 Å². The van der Waals surface area contributed by atoms with Crippen LogP contribution in [-0.4, -0.2) is 57.8 Å². The third-order valence-corrected chi connectivity index (χ3v) is 3.66. The number of hydrogen-bond donors (Lipinski definition) is 2. The minimum absolute atomic E-state index is 0.177. The van der Waals surface area contributed by atoms with E-state index in [1.54, 1.807) is 20.1 Å². The van der Waals surface area contributed by atoms with Crippen molar-refractivity contribution in [1.82, 2.24) is 15.5 Å². The van der Waals surface area contributed by atoms with Gasteiger partial charge in [-0.15, -0.1) is 0 Å². The van der Waals surface area contributed by atoms with Gasteiger partial charge in [0.1, 0.15) is 5.82 Å². The second-order valence-electron chi connectivity index (χ2n) is 5.86. The summed E-state index contributed by atoms with van der Waals surface area (Å²) in [6.45, 7) is 8.69. The number of aryl methyl sites for hydroxylation is 1. The molecule has 0 aliphatic heterocycles. The predicted molar refractivity (Wildman–Crippen MR) is 97.9 cm³/mol. The molecule has 0 atom stereocenters. The highest BCUT2D eigenvalue weighted by Gasteiger charge is 2.02. The van der Waals surface area contributed by atoms with Crippen molar-refractivity contribution < 1.29 is 9.13 Å². The van der Waals surface area contributed by atoms with Crippen molar-refractivity contribution in [3.63, 3.8) is 0 Å². The topological polar surface area (TPSA) is 48.9 Å². The maximum Gasteiger partial charge on any atom is 0.191 e. The van der Waals surface area contributed by atoms with Gasteiger partial charge in [0.25, 0.3) is 0 Å². The number of benzene rings is 1. The van der Waals surface area contributed by atoms with Gasteiger partial charge in [0, 0.05) is 39.9 Å². The van der Waals surface area contributed by atoms with Gasteiger partial charge < -0.3 is 20.3 Å². The summed E-state index contributed by atoms with van der Waals surface area (Å²) in [5.41, 5.74) is 1.65. The van der Waals surface area contributed by atoms with E-state index in [4.69, 9.17) is 4.74 Å². The Morgan fingerprint density at radius 2 is 2.08 bits per heavy atom. The van der Waals surface area contributed by atoms with Crippen LogP contribution in [0, 0.1) is 12.7 Å². The van der Waals surface area contributed by atoms with E-state index >= 15 is 0 Å². The lowest BCUT2D eigenvalue weighted by Gasteiger charge is -2.18. The average Bonchev–Trinajstić information content (AvgIpc) is 2.56. The Morgan fingerprint density at radius 1 is 1.29 bits per heavy atom. The SMILES string of the molecule is CCNC(=NCc1ccc(F)c(C)c1)NCCN(C)CCCOC. The van der Waals surface area contributed by atoms with Crippen molar-refractivity contribution in [2.45, 2.75) is 26.8 Å². The first-order chi connectivity index (χ1) is 11.6. The summed E-state index contributed by atoms with van der Waals surface area (Å²) in [6, 6.07) is 5.11. The minimum atomic E-state index is -0.177. The molecule has 0 aliphatic carbocycles. The molecular formula is C18H31FN4O. The predicted octanol–water partition coefficient (Wildman–Crippen LogP) is 2.16. The van der Waals surface area contributed by atoms with E-state index in [9.17, 15) is 4.39 Å². The molecule has 1 aromatic carbocycles. The van der Waals surface area contributed by atoms with Gasteiger partial charge in [-0.25, -0.2) is 9.38 Å². The van der Waals surface area contributed by atoms with Crippen molar-refractivity contribution in [2.24, 2.45) is 4.99 Å². The van der Waals surface area contributed by atoms with Crippen LogP contribution in [0.1, 0.15) is 24.5 Å². The number of methoxy groups -OCH3 is 1. The molecule has 0 aliphatic rings. The van der Waals surface area contributed by atoms with Crippen LogP contribution >= 0.6 is 0 Å². The Hall–Kier alpha value is -1.66. The Balaban J connectivity index is 2.43. The highest BCUT2D eigenvalue weighted by Crippen LogP contribution is 2.09. The van der Waals surface area contributed by atoms with Crippen molar-refractivity contribution in [1.29, 1.82) is 0 Å². The number of ether oxygens (including phenoxy) is 1. The maximum absolute atomic E-state index is 13.3. The summed E-state index contributed by atoms with van der Waals surface area (Å²) in [5, 5.41) is 6.56. The average molecular weight is 338 g/mol. The second-order valence-corrected chi connectivity index (χ2v) is 5.86. The molecule has 5 nitrogen and oxygen atoms in total. The zero-order valence-electron chi connectivity index (χ0n) is 15.4. The summed E-state index contributed by atoms with van der Waals surface area (Å²) in [4.78, 5) is 6.82. The molecule has 0 aromatic heterocycles. The molecule has 0 radical (unpaired) electrons. The fourth-order valence-electron chi connectivity index (χ4n) is 2.27. The summed E-state index contributed by atoms with van der Waals surface area (Å²) >= 11 is 0. The number of rotatable bonds is 10. The van der Waals surface area contributed by atoms with Crippen LogP contribution in [0.2, 0.25) is 0 Å². The molecule has 0 amide bonds. The summed E-state index contributed by atoms with van der Waals surface area (Å²) in [6.07, 6.45) is 1.03. The second kappa shape index (κ2) is 11.8. The molecule has 1 rings (SSSR count). The third kappa shape index (κ3) is 8.26. The molecule has 24 heavy (non-hydrogen) atoms. The first-order valence-electron chi connectivity index (χ1n) is 8.51. The van der Waals surface area contributed by atoms with Crippen molar-refractivity contribution in [3.05, 3.63) is 35.1 Å². The molecular weight excluding hydrogens is 307 g/mol. The van der Waals surface area contributed by atoms with Crippen molar-refractivity contribution >= 4 is 5.96 Å². The first kappa shape index (κ1) is 20.4. The van der Waals surface area contributed by atoms with Gasteiger partial charge in [-0.2, -0.15) is 0 Å². The molecule has 1 aromatic rings. The third-order valence-electron chi connectivity index (χ3n) is 3.66. The maximum atomic E-state index is 13.3. The highest BCUT2D eigenvalue weighted by atomic mass is 19.1. The van der Waals surface area contributed by atoms with Crippen LogP contribution in [0.3, 0.4) is 0 Å². The summed E-state index contributed by atoms with van der Waals surface area (Å²) in [7, 11) is 3.83. The molecule has 136 valence electrons. The molecule has 0 unspecified atom stereocenters. The van der Waals surface area contributed by atoms with Crippen LogP contribution in [0.4, 0.5) is 4.39 Å². The molecule has 0 spiro atoms. The first-order valence-corrected chi connectivity index (χ1v) is 8.51. The molecule has 0 fully saturated rings. The van der Waals surface area contributed by atoms with E-state index in [0.717, 1.165) is 50.7 Å². The fraction of sp³-hybridized carbons (Fsp3) is 0.611. The van der Waals surface area contributed by atoms with E-state index in [2.05, 4.69) is 27.6 Å². The molecule has 0 bridgehead atoms. The normalized spacial score (nSPS) is 11.8. The lowest BCUT2D eigenvalue weighted by atomic mass is 10.1. The van der Waals surface area contributed by atoms with Gasteiger partial charge in [-0.05, 0) is 44.5 Å². The lowest BCUT2D eigenvalue weighted by molar-refractivity contribution is 0.180. The number of guanidine groups is 1. The lowest BCUT2D eigenvalue weighted by Crippen LogP contribution is -2.41. The number of nitrogens with one attached hydrogen (secondary N) is 2. The number of halogens is 1. The smallest absolute Gasteiger partial charge is 0.191 e. The van der Waals surface area contributed by atoms with Crippen molar-refractivity contribution in [2.75, 3.05) is 46.9 Å². The number of likely N-dealkylation sites (N-methyl/N-ethyl adjacent to an activating group) is 1. The van der Waals surface area contributed by atoms with Gasteiger partial charge in [0.05, 0.1) is 6.54 Å². The Labute approximate surface area is 145 Å². The molecule has 2 N–H and O–H groups in total. The van der Waals surface area contributed by atoms with Crippen LogP contribution in [0.5, 0.6) is 0 Å². The monoisotopic (exact) mass is 338 g/mol. The van der Waals surface area contributed by atoms with Crippen molar-refractivity contribution in [3.8, 4) is 0 Å². The van der Waals surface area contributed by atoms with E-state index < -0.39 is 0 Å². The standard InChI is InChI=1S/C18H31FN4O/c1-5-20-18(21-9-11-23(3)10-6-12-24-4)22-14-16-7-8-17(19)15(2)13-16/h7-8,13H,5-6,9-12,14H2,1-4H3,(H2,20,21,22). The number of nitrogens with zero attached hydrogens (tertiary/aromatic N) is 2. The zero-order valence-corrected chi connectivity index (χ0v) is 15.4. The Kier molecular flexibility index (Phi) is 10.0. The van der Waals surface area contributed by atoms with Gasteiger partial charge in [-0.1, -0.05) is 12.1 Å². The number of aliphatic imine (C=N–C) groups is 1. The molecule has 6 heteroatoms. The van der Waals surface area contributed by atoms with Gasteiger partial charge in [-0.3, -0.25) is 0 Å². The quantitative estimate of drug-likeness (QED) is 0.390. The number of hydrogen-bond acceptors (Lipinski definition) is 3. The zero-order chi connectivity index (χ0) is 17.8. The molecule has 0 saturated carbocycles. The van der Waals surface area contributed by atoms with Gasteiger partial charge in [0.15, 0.2) is 5.96 Å². The Bertz CT molecular complexity index is 508. The molecule has 0 saturated heterocycles. The van der Waals surface area contributed by atoms with Gasteiger partial charge in [0.2, 0.25) is 0 Å². The largest absolute Gasteiger partial charge is 0.385 e. The van der Waals surface area contributed by atoms with Crippen LogP contribution in [-0.2, 0) is 11.3 Å². The van der Waals surface area contributed by atoms with Crippen LogP contribution in [0.15, 0.2) is 23.2 Å². The Morgan fingerprint density at radius 3 is 2.75 bits per heavy atom. The molecule has 0 heterocycles. The van der Waals surface area contributed by atoms with Gasteiger partial charge >= 0.3 is 0 Å². The van der Waals surface area contributed by atoms with E-state index in [1.807, 2.05) is 13.0 Å². The van der Waals surface area contributed by atoms with E-state index in [-0.39, 0.29) is 5.82 Å². The van der Waals surface area contributed by atoms with E-state index in [1.165, 1.54) is 6.07 Å². The summed E-state index contributed by atoms with van der Waals surface area (Å²) < 4.78 is 18.4. The van der Waals surface area contributed by atoms with Crippen LogP contribution in [0.25, 0.3) is 0 Å².